The molecule has 3 rings (SSSR count). The van der Waals surface area contributed by atoms with Crippen LogP contribution in [-0.2, 0) is 19.3 Å². The highest BCUT2D eigenvalue weighted by molar-refractivity contribution is 9.10. The number of halogens is 1. The second-order valence-electron chi connectivity index (χ2n) is 5.77. The Morgan fingerprint density at radius 3 is 2.84 bits per heavy atom. The molecule has 0 unspecified atom stereocenters. The van der Waals surface area contributed by atoms with Crippen LogP contribution in [0.15, 0.2) is 43.2 Å². The van der Waals surface area contributed by atoms with E-state index in [1.54, 1.807) is 20.9 Å². The summed E-state index contributed by atoms with van der Waals surface area (Å²) in [7, 11) is 1.82. The number of fused-ring (bicyclic) bond motifs is 1. The van der Waals surface area contributed by atoms with E-state index < -0.39 is 5.69 Å². The molecule has 0 radical (unpaired) electrons. The molecule has 1 N–H and O–H groups in total. The first-order valence-electron chi connectivity index (χ1n) is 8.08. The van der Waals surface area contributed by atoms with Gasteiger partial charge >= 0.3 is 5.69 Å². The maximum absolute atomic E-state index is 12.2. The largest absolute Gasteiger partial charge is 0.330 e. The Labute approximate surface area is 157 Å². The van der Waals surface area contributed by atoms with Crippen LogP contribution in [0.4, 0.5) is 0 Å². The van der Waals surface area contributed by atoms with Gasteiger partial charge in [-0.2, -0.15) is 0 Å². The van der Waals surface area contributed by atoms with E-state index in [1.165, 1.54) is 0 Å². The second-order valence-corrected chi connectivity index (χ2v) is 7.73. The third kappa shape index (κ3) is 3.74. The number of unbranched alkanes of at least 4 members (excludes halogenated alkanes) is 1. The number of aromatic nitrogens is 4. The lowest BCUT2D eigenvalue weighted by molar-refractivity contribution is 0.613. The minimum absolute atomic E-state index is 0.388. The molecule has 2 heterocycles. The van der Waals surface area contributed by atoms with Gasteiger partial charge in [-0.25, -0.2) is 9.78 Å². The summed E-state index contributed by atoms with van der Waals surface area (Å²) in [6, 6.07) is 8.03. The minimum atomic E-state index is -0.393. The highest BCUT2D eigenvalue weighted by Crippen LogP contribution is 2.25. The first kappa shape index (κ1) is 18.0. The van der Waals surface area contributed by atoms with E-state index in [-0.39, 0.29) is 5.56 Å². The zero-order valence-corrected chi connectivity index (χ0v) is 16.5. The molecule has 0 spiro atoms. The van der Waals surface area contributed by atoms with Crippen LogP contribution in [0.2, 0.25) is 0 Å². The average molecular weight is 423 g/mol. The van der Waals surface area contributed by atoms with Crippen LogP contribution in [0.3, 0.4) is 0 Å². The van der Waals surface area contributed by atoms with Gasteiger partial charge in [0.05, 0.1) is 5.75 Å². The van der Waals surface area contributed by atoms with Gasteiger partial charge in [0.1, 0.15) is 5.82 Å². The molecule has 6 nitrogen and oxygen atoms in total. The molecule has 0 saturated carbocycles. The van der Waals surface area contributed by atoms with E-state index in [4.69, 9.17) is 0 Å². The predicted molar refractivity (Wildman–Crippen MR) is 104 cm³/mol. The van der Waals surface area contributed by atoms with Gasteiger partial charge in [-0.3, -0.25) is 14.3 Å². The molecule has 0 fully saturated rings. The smallest absolute Gasteiger partial charge is 0.325 e. The zero-order valence-electron chi connectivity index (χ0n) is 14.1. The number of benzene rings is 1. The topological polar surface area (TPSA) is 72.7 Å². The van der Waals surface area contributed by atoms with Crippen molar-refractivity contribution in [1.29, 1.82) is 0 Å². The Balaban J connectivity index is 1.99. The van der Waals surface area contributed by atoms with Crippen LogP contribution < -0.4 is 11.2 Å². The molecular weight excluding hydrogens is 404 g/mol. The van der Waals surface area contributed by atoms with Crippen molar-refractivity contribution in [3.63, 3.8) is 0 Å². The van der Waals surface area contributed by atoms with Crippen molar-refractivity contribution in [3.05, 3.63) is 55.4 Å². The lowest BCUT2D eigenvalue weighted by Crippen LogP contribution is -2.31. The van der Waals surface area contributed by atoms with E-state index in [9.17, 15) is 9.59 Å². The molecule has 0 aliphatic carbocycles. The fourth-order valence-electron chi connectivity index (χ4n) is 2.65. The van der Waals surface area contributed by atoms with Gasteiger partial charge < -0.3 is 4.57 Å². The van der Waals surface area contributed by atoms with Crippen molar-refractivity contribution in [1.82, 2.24) is 19.1 Å². The molecule has 1 aromatic carbocycles. The highest BCUT2D eigenvalue weighted by atomic mass is 79.9. The van der Waals surface area contributed by atoms with E-state index in [0.29, 0.717) is 23.5 Å². The molecule has 0 atom stereocenters. The van der Waals surface area contributed by atoms with Crippen LogP contribution in [0, 0.1) is 0 Å². The number of thioether (sulfide) groups is 1. The third-order valence-electron chi connectivity index (χ3n) is 4.00. The monoisotopic (exact) mass is 422 g/mol. The van der Waals surface area contributed by atoms with Gasteiger partial charge in [-0.05, 0) is 24.6 Å². The molecule has 0 saturated heterocycles. The average Bonchev–Trinajstić information content (AvgIpc) is 2.90. The minimum Gasteiger partial charge on any atom is -0.325 e. The molecule has 0 aliphatic heterocycles. The number of nitrogens with zero attached hydrogens (tertiary/aromatic N) is 3. The fraction of sp³-hybridized carbons (Fsp3) is 0.353. The highest BCUT2D eigenvalue weighted by Gasteiger charge is 2.16. The quantitative estimate of drug-likeness (QED) is 0.618. The van der Waals surface area contributed by atoms with E-state index in [0.717, 1.165) is 28.0 Å². The van der Waals surface area contributed by atoms with Crippen molar-refractivity contribution in [2.24, 2.45) is 7.05 Å². The van der Waals surface area contributed by atoms with Gasteiger partial charge in [0.15, 0.2) is 11.2 Å². The van der Waals surface area contributed by atoms with E-state index >= 15 is 0 Å². The number of nitrogens with one attached hydrogen (secondary N) is 1. The van der Waals surface area contributed by atoms with Gasteiger partial charge in [0, 0.05) is 23.0 Å². The molecule has 0 amide bonds. The Morgan fingerprint density at radius 1 is 1.32 bits per heavy atom. The van der Waals surface area contributed by atoms with Crippen LogP contribution in [-0.4, -0.2) is 19.1 Å². The molecule has 2 aromatic heterocycles. The Morgan fingerprint density at radius 2 is 2.12 bits per heavy atom. The molecule has 8 heteroatoms. The summed E-state index contributed by atoms with van der Waals surface area (Å²) in [6.45, 7) is 2.62. The third-order valence-corrected chi connectivity index (χ3v) is 5.49. The molecule has 0 bridgehead atoms. The molecule has 25 heavy (non-hydrogen) atoms. The van der Waals surface area contributed by atoms with Crippen LogP contribution in [0.1, 0.15) is 25.6 Å². The normalized spacial score (nSPS) is 11.3. The number of aromatic amines is 1. The van der Waals surface area contributed by atoms with E-state index in [2.05, 4.69) is 32.8 Å². The predicted octanol–water partition coefficient (Wildman–Crippen LogP) is 3.28. The Hall–Kier alpha value is -1.80. The lowest BCUT2D eigenvalue weighted by atomic mass is 10.3. The summed E-state index contributed by atoms with van der Waals surface area (Å²) >= 11 is 5.10. The SMILES string of the molecule is CCCCn1c(=O)[nH]c(=O)c2c1nc(CSc1cccc(Br)c1)n2C. The first-order valence-corrected chi connectivity index (χ1v) is 9.86. The van der Waals surface area contributed by atoms with Crippen LogP contribution >= 0.6 is 27.7 Å². The lowest BCUT2D eigenvalue weighted by Gasteiger charge is -2.04. The van der Waals surface area contributed by atoms with E-state index in [1.807, 2.05) is 31.3 Å². The maximum atomic E-state index is 12.2. The number of aryl methyl sites for hydroxylation is 2. The van der Waals surface area contributed by atoms with Crippen molar-refractivity contribution in [2.45, 2.75) is 37.0 Å². The van der Waals surface area contributed by atoms with Gasteiger partial charge in [0.2, 0.25) is 0 Å². The standard InChI is InChI=1S/C17H19BrN4O2S/c1-3-4-8-22-15-14(16(23)20-17(22)24)21(2)13(19-15)10-25-12-7-5-6-11(18)9-12/h5-7,9H,3-4,8,10H2,1-2H3,(H,20,23,24). The maximum Gasteiger partial charge on any atom is 0.330 e. The summed E-state index contributed by atoms with van der Waals surface area (Å²) in [5.74, 6) is 1.38. The van der Waals surface area contributed by atoms with Crippen LogP contribution in [0.25, 0.3) is 11.2 Å². The number of hydrogen-bond donors (Lipinski definition) is 1. The second kappa shape index (κ2) is 7.61. The van der Waals surface area contributed by atoms with Crippen molar-refractivity contribution in [2.75, 3.05) is 0 Å². The summed E-state index contributed by atoms with van der Waals surface area (Å²) in [5, 5.41) is 0. The number of imidazole rings is 1. The van der Waals surface area contributed by atoms with Gasteiger partial charge in [-0.15, -0.1) is 11.8 Å². The Bertz CT molecular complexity index is 1020. The number of rotatable bonds is 6. The zero-order chi connectivity index (χ0) is 18.0. The first-order chi connectivity index (χ1) is 12.0. The fourth-order valence-corrected chi connectivity index (χ4v) is 4.14. The van der Waals surface area contributed by atoms with Crippen molar-refractivity contribution in [3.8, 4) is 0 Å². The molecule has 3 aromatic rings. The molecule has 0 aliphatic rings. The van der Waals surface area contributed by atoms with Gasteiger partial charge in [0.25, 0.3) is 5.56 Å². The number of hydrogen-bond acceptors (Lipinski definition) is 4. The van der Waals surface area contributed by atoms with Crippen molar-refractivity contribution >= 4 is 38.9 Å². The number of H-pyrrole nitrogens is 1. The summed E-state index contributed by atoms with van der Waals surface area (Å²) in [6.07, 6.45) is 1.82. The van der Waals surface area contributed by atoms with Crippen LogP contribution in [0.5, 0.6) is 0 Å². The molecular formula is C17H19BrN4O2S. The van der Waals surface area contributed by atoms with Gasteiger partial charge in [-0.1, -0.05) is 35.3 Å². The summed E-state index contributed by atoms with van der Waals surface area (Å²) in [4.78, 5) is 32.5. The summed E-state index contributed by atoms with van der Waals surface area (Å²) < 4.78 is 4.36. The Kier molecular flexibility index (Phi) is 5.48. The molecule has 132 valence electrons. The van der Waals surface area contributed by atoms with Crippen molar-refractivity contribution < 1.29 is 0 Å². The summed E-state index contributed by atoms with van der Waals surface area (Å²) in [5.41, 5.74) is 0.131.